The fraction of sp³-hybridized carbons (Fsp3) is 1.00. The van der Waals surface area contributed by atoms with Crippen molar-refractivity contribution in [2.45, 2.75) is 26.3 Å². The lowest BCUT2D eigenvalue weighted by molar-refractivity contribution is 0.235. The molecule has 0 aromatic heterocycles. The minimum absolute atomic E-state index is 0. The van der Waals surface area contributed by atoms with Crippen molar-refractivity contribution in [3.05, 3.63) is 0 Å². The van der Waals surface area contributed by atoms with Crippen LogP contribution in [0.3, 0.4) is 0 Å². The summed E-state index contributed by atoms with van der Waals surface area (Å²) in [5.41, 5.74) is 5.35. The molecular formula is C5H16NO4P. The van der Waals surface area contributed by atoms with Crippen molar-refractivity contribution in [1.82, 2.24) is 0 Å². The summed E-state index contributed by atoms with van der Waals surface area (Å²) in [7, 11) is -3.20. The van der Waals surface area contributed by atoms with Gasteiger partial charge in [-0.25, -0.2) is 4.57 Å². The first-order chi connectivity index (χ1) is 4.56. The van der Waals surface area contributed by atoms with Crippen LogP contribution in [-0.2, 0) is 9.09 Å². The second kappa shape index (κ2) is 4.85. The zero-order valence-electron chi connectivity index (χ0n) is 7.24. The number of phosphoric ester groups is 1. The molecule has 0 unspecified atom stereocenters. The fourth-order valence-corrected chi connectivity index (χ4v) is 0. The van der Waals surface area contributed by atoms with Gasteiger partial charge in [0.05, 0.1) is 0 Å². The first kappa shape index (κ1) is 13.6. The van der Waals surface area contributed by atoms with Gasteiger partial charge in [-0.15, -0.1) is 0 Å². The van der Waals surface area contributed by atoms with Crippen LogP contribution < -0.4 is 5.73 Å². The zero-order valence-corrected chi connectivity index (χ0v) is 8.13. The van der Waals surface area contributed by atoms with E-state index in [4.69, 9.17) is 15.5 Å². The van der Waals surface area contributed by atoms with E-state index in [-0.39, 0.29) is 5.54 Å². The molecule has 0 saturated heterocycles. The van der Waals surface area contributed by atoms with Crippen LogP contribution >= 0.6 is 7.82 Å². The van der Waals surface area contributed by atoms with Crippen molar-refractivity contribution in [1.29, 1.82) is 0 Å². The van der Waals surface area contributed by atoms with Crippen molar-refractivity contribution in [2.24, 2.45) is 5.73 Å². The molecule has 0 aliphatic rings. The first-order valence-electron chi connectivity index (χ1n) is 2.96. The largest absolute Gasteiger partial charge is 0.469 e. The lowest BCUT2D eigenvalue weighted by Crippen LogP contribution is -2.26. The lowest BCUT2D eigenvalue weighted by Gasteiger charge is -2.06. The predicted octanol–water partition coefficient (Wildman–Crippen LogP) is 0.469. The van der Waals surface area contributed by atoms with Gasteiger partial charge >= 0.3 is 7.82 Å². The number of phosphoric acid groups is 1. The van der Waals surface area contributed by atoms with E-state index in [9.17, 15) is 4.57 Å². The van der Waals surface area contributed by atoms with E-state index in [0.29, 0.717) is 0 Å². The van der Waals surface area contributed by atoms with Gasteiger partial charge in [0.1, 0.15) is 0 Å². The van der Waals surface area contributed by atoms with Crippen LogP contribution in [0.4, 0.5) is 0 Å². The Hall–Kier alpha value is 0.0700. The van der Waals surface area contributed by atoms with Gasteiger partial charge in [0, 0.05) is 12.6 Å². The van der Waals surface area contributed by atoms with E-state index in [1.54, 1.807) is 0 Å². The highest BCUT2D eigenvalue weighted by Gasteiger charge is 2.07. The monoisotopic (exact) mass is 185 g/mol. The topological polar surface area (TPSA) is 92.8 Å². The number of hydrogen-bond acceptors (Lipinski definition) is 3. The summed E-state index contributed by atoms with van der Waals surface area (Å²) in [6.45, 7) is 5.90. The number of hydrogen-bond donors (Lipinski definition) is 3. The Labute approximate surface area is 66.8 Å². The van der Waals surface area contributed by atoms with Gasteiger partial charge in [0.25, 0.3) is 0 Å². The van der Waals surface area contributed by atoms with E-state index >= 15 is 0 Å². The Morgan fingerprint density at radius 2 is 1.45 bits per heavy atom. The van der Waals surface area contributed by atoms with Gasteiger partial charge in [0.15, 0.2) is 0 Å². The third-order valence-electron chi connectivity index (χ3n) is 0.238. The molecule has 0 bridgehead atoms. The Bertz CT molecular complexity index is 130. The Morgan fingerprint density at radius 3 is 1.45 bits per heavy atom. The molecule has 0 radical (unpaired) electrons. The molecule has 0 spiro atoms. The van der Waals surface area contributed by atoms with E-state index < -0.39 is 7.82 Å². The second-order valence-corrected chi connectivity index (χ2v) is 4.39. The number of nitrogens with two attached hydrogens (primary N) is 1. The highest BCUT2D eigenvalue weighted by atomic mass is 31.2. The SMILES string of the molecule is CC(C)(C)N.COP(=O)(O)O. The average Bonchev–Trinajstić information content (AvgIpc) is 1.59. The molecule has 4 N–H and O–H groups in total. The predicted molar refractivity (Wildman–Crippen MR) is 43.0 cm³/mol. The molecule has 0 aromatic rings. The van der Waals surface area contributed by atoms with Crippen LogP contribution in [0, 0.1) is 0 Å². The standard InChI is InChI=1S/C4H11N.CH5O4P/c1-4(2,3)5;1-5-6(2,3)4/h5H2,1-3H3;1H3,(H2,2,3,4). The molecule has 0 rings (SSSR count). The van der Waals surface area contributed by atoms with Crippen molar-refractivity contribution in [3.63, 3.8) is 0 Å². The van der Waals surface area contributed by atoms with Crippen LogP contribution in [0.15, 0.2) is 0 Å². The van der Waals surface area contributed by atoms with Crippen molar-refractivity contribution in [2.75, 3.05) is 7.11 Å². The molecule has 11 heavy (non-hydrogen) atoms. The zero-order chi connectivity index (χ0) is 9.71. The van der Waals surface area contributed by atoms with Crippen molar-refractivity contribution >= 4 is 7.82 Å². The molecule has 6 heteroatoms. The molecule has 0 saturated carbocycles. The van der Waals surface area contributed by atoms with Gasteiger partial charge in [-0.3, -0.25) is 4.52 Å². The molecule has 0 fully saturated rings. The van der Waals surface area contributed by atoms with Crippen LogP contribution in [-0.4, -0.2) is 22.4 Å². The smallest absolute Gasteiger partial charge is 0.326 e. The van der Waals surface area contributed by atoms with E-state index in [0.717, 1.165) is 7.11 Å². The minimum atomic E-state index is -4.15. The summed E-state index contributed by atoms with van der Waals surface area (Å²) in [6.07, 6.45) is 0. The van der Waals surface area contributed by atoms with E-state index in [2.05, 4.69) is 4.52 Å². The quantitative estimate of drug-likeness (QED) is 0.516. The third kappa shape index (κ3) is 69.6. The molecule has 0 amide bonds. The first-order valence-corrected chi connectivity index (χ1v) is 4.49. The van der Waals surface area contributed by atoms with Gasteiger partial charge in [-0.1, -0.05) is 0 Å². The van der Waals surface area contributed by atoms with Gasteiger partial charge in [-0.05, 0) is 20.8 Å². The maximum atomic E-state index is 9.47. The van der Waals surface area contributed by atoms with Gasteiger partial charge in [-0.2, -0.15) is 0 Å². The number of rotatable bonds is 1. The molecule has 0 aliphatic heterocycles. The van der Waals surface area contributed by atoms with Gasteiger partial charge in [0.2, 0.25) is 0 Å². The summed E-state index contributed by atoms with van der Waals surface area (Å²) in [5.74, 6) is 0. The summed E-state index contributed by atoms with van der Waals surface area (Å²) in [4.78, 5) is 15.4. The molecule has 70 valence electrons. The summed E-state index contributed by atoms with van der Waals surface area (Å²) >= 11 is 0. The molecule has 0 atom stereocenters. The van der Waals surface area contributed by atoms with Crippen LogP contribution in [0.2, 0.25) is 0 Å². The summed E-state index contributed by atoms with van der Waals surface area (Å²) in [5, 5.41) is 0. The Morgan fingerprint density at radius 1 is 1.36 bits per heavy atom. The van der Waals surface area contributed by atoms with E-state index in [1.165, 1.54) is 0 Å². The Balaban J connectivity index is 0. The van der Waals surface area contributed by atoms with Gasteiger partial charge < -0.3 is 15.5 Å². The van der Waals surface area contributed by atoms with Crippen molar-refractivity contribution in [3.8, 4) is 0 Å². The summed E-state index contributed by atoms with van der Waals surface area (Å²) in [6, 6.07) is 0. The molecule has 0 heterocycles. The van der Waals surface area contributed by atoms with Crippen LogP contribution in [0.1, 0.15) is 20.8 Å². The second-order valence-electron chi connectivity index (χ2n) is 3.04. The molecule has 0 aliphatic carbocycles. The average molecular weight is 185 g/mol. The maximum absolute atomic E-state index is 9.47. The Kier molecular flexibility index (Phi) is 6.02. The molecule has 5 nitrogen and oxygen atoms in total. The third-order valence-corrected chi connectivity index (χ3v) is 0.714. The fourth-order valence-electron chi connectivity index (χ4n) is 0. The highest BCUT2D eigenvalue weighted by molar-refractivity contribution is 7.46. The summed E-state index contributed by atoms with van der Waals surface area (Å²) < 4.78 is 13.1. The minimum Gasteiger partial charge on any atom is -0.326 e. The molecular weight excluding hydrogens is 169 g/mol. The maximum Gasteiger partial charge on any atom is 0.469 e. The lowest BCUT2D eigenvalue weighted by atomic mass is 10.1. The van der Waals surface area contributed by atoms with E-state index in [1.807, 2.05) is 20.8 Å². The highest BCUT2D eigenvalue weighted by Crippen LogP contribution is 2.33. The molecule has 0 aromatic carbocycles. The van der Waals surface area contributed by atoms with Crippen LogP contribution in [0.25, 0.3) is 0 Å². The van der Waals surface area contributed by atoms with Crippen LogP contribution in [0.5, 0.6) is 0 Å². The normalized spacial score (nSPS) is 11.9. The van der Waals surface area contributed by atoms with Crippen molar-refractivity contribution < 1.29 is 18.9 Å².